The third-order valence-electron chi connectivity index (χ3n) is 5.20. The normalized spacial score (nSPS) is 10.9. The summed E-state index contributed by atoms with van der Waals surface area (Å²) < 4.78 is 18.3. The molecule has 3 aromatic carbocycles. The first-order valence-corrected chi connectivity index (χ1v) is 12.1. The van der Waals surface area contributed by atoms with Gasteiger partial charge in [-0.15, -0.1) is 10.2 Å². The molecule has 0 bridgehead atoms. The number of methoxy groups -OCH3 is 3. The maximum atomic E-state index is 12.4. The molecule has 0 spiro atoms. The predicted octanol–water partition coefficient (Wildman–Crippen LogP) is 3.91. The van der Waals surface area contributed by atoms with Gasteiger partial charge in [-0.05, 0) is 54.1 Å². The van der Waals surface area contributed by atoms with E-state index in [0.717, 1.165) is 11.3 Å². The quantitative estimate of drug-likeness (QED) is 0.184. The number of ether oxygens (including phenoxy) is 3. The third kappa shape index (κ3) is 6.01. The van der Waals surface area contributed by atoms with Crippen LogP contribution >= 0.6 is 11.8 Å². The van der Waals surface area contributed by atoms with Gasteiger partial charge in [0.25, 0.3) is 5.91 Å². The number of amides is 1. The molecule has 1 amide bonds. The van der Waals surface area contributed by atoms with Crippen molar-refractivity contribution >= 4 is 23.9 Å². The third-order valence-corrected chi connectivity index (χ3v) is 6.13. The average molecular weight is 520 g/mol. The summed E-state index contributed by atoms with van der Waals surface area (Å²) >= 11 is 1.22. The Hall–Kier alpha value is -4.51. The van der Waals surface area contributed by atoms with Crippen LogP contribution in [0.3, 0.4) is 0 Å². The topological polar surface area (TPSA) is 120 Å². The van der Waals surface area contributed by atoms with Crippen LogP contribution in [0.5, 0.6) is 23.0 Å². The number of hydrogen-bond donors (Lipinski definition) is 2. The number of phenolic OH excluding ortho intramolecular Hbond substituents is 1. The molecule has 0 fully saturated rings. The van der Waals surface area contributed by atoms with Gasteiger partial charge < -0.3 is 19.3 Å². The van der Waals surface area contributed by atoms with Crippen LogP contribution in [0.2, 0.25) is 0 Å². The van der Waals surface area contributed by atoms with E-state index in [9.17, 15) is 9.90 Å². The Morgan fingerprint density at radius 2 is 1.68 bits per heavy atom. The fraction of sp³-hybridized carbons (Fsp3) is 0.154. The molecule has 0 aliphatic carbocycles. The van der Waals surface area contributed by atoms with Gasteiger partial charge in [-0.3, -0.25) is 9.36 Å². The standard InChI is InChI=1S/C26H25N5O5S/c1-34-21-13-18(14-22(35-2)24(21)36-3)25-29-30-26(31(25)19-7-5-4-6-8-19)37-16-23(33)28-27-15-17-9-11-20(32)12-10-17/h4-15,32H,16H2,1-3H3,(H,28,33)/b27-15+. The summed E-state index contributed by atoms with van der Waals surface area (Å²) in [5.74, 6) is 1.90. The second-order valence-electron chi connectivity index (χ2n) is 7.56. The number of para-hydroxylation sites is 1. The number of aromatic nitrogens is 3. The van der Waals surface area contributed by atoms with Crippen molar-refractivity contribution < 1.29 is 24.1 Å². The molecule has 4 rings (SSSR count). The highest BCUT2D eigenvalue weighted by molar-refractivity contribution is 7.99. The molecule has 0 aliphatic rings. The summed E-state index contributed by atoms with van der Waals surface area (Å²) in [7, 11) is 4.64. The van der Waals surface area contributed by atoms with Gasteiger partial charge in [0.15, 0.2) is 22.5 Å². The lowest BCUT2D eigenvalue weighted by atomic mass is 10.1. The van der Waals surface area contributed by atoms with Crippen molar-refractivity contribution in [2.24, 2.45) is 5.10 Å². The summed E-state index contributed by atoms with van der Waals surface area (Å²) in [6, 6.07) is 19.6. The molecule has 1 aromatic heterocycles. The minimum absolute atomic E-state index is 0.0626. The highest BCUT2D eigenvalue weighted by Gasteiger charge is 2.21. The molecular formula is C26H25N5O5S. The maximum absolute atomic E-state index is 12.4. The minimum Gasteiger partial charge on any atom is -0.508 e. The zero-order valence-corrected chi connectivity index (χ0v) is 21.2. The van der Waals surface area contributed by atoms with Crippen LogP contribution in [0.4, 0.5) is 0 Å². The lowest BCUT2D eigenvalue weighted by Crippen LogP contribution is -2.20. The van der Waals surface area contributed by atoms with Gasteiger partial charge in [0, 0.05) is 11.3 Å². The monoisotopic (exact) mass is 519 g/mol. The number of thioether (sulfide) groups is 1. The summed E-state index contributed by atoms with van der Waals surface area (Å²) in [4.78, 5) is 12.4. The van der Waals surface area contributed by atoms with Crippen LogP contribution in [0.1, 0.15) is 5.56 Å². The molecular weight excluding hydrogens is 494 g/mol. The van der Waals surface area contributed by atoms with Crippen LogP contribution < -0.4 is 19.6 Å². The molecule has 0 radical (unpaired) electrons. The Labute approximate surface area is 217 Å². The maximum Gasteiger partial charge on any atom is 0.250 e. The number of phenols is 1. The van der Waals surface area contributed by atoms with E-state index >= 15 is 0 Å². The second kappa shape index (κ2) is 12.0. The van der Waals surface area contributed by atoms with Gasteiger partial charge in [-0.1, -0.05) is 30.0 Å². The fourth-order valence-electron chi connectivity index (χ4n) is 3.47. The molecule has 4 aromatic rings. The zero-order valence-electron chi connectivity index (χ0n) is 20.4. The number of hydrogen-bond acceptors (Lipinski definition) is 9. The average Bonchev–Trinajstić information content (AvgIpc) is 3.36. The van der Waals surface area contributed by atoms with Crippen LogP contribution in [0.15, 0.2) is 77.0 Å². The summed E-state index contributed by atoms with van der Waals surface area (Å²) in [6.45, 7) is 0. The van der Waals surface area contributed by atoms with Gasteiger partial charge in [0.2, 0.25) is 5.75 Å². The summed E-state index contributed by atoms with van der Waals surface area (Å²) in [5.41, 5.74) is 4.76. The molecule has 0 aliphatic heterocycles. The Kier molecular flexibility index (Phi) is 8.26. The second-order valence-corrected chi connectivity index (χ2v) is 8.51. The van der Waals surface area contributed by atoms with Crippen molar-refractivity contribution in [3.63, 3.8) is 0 Å². The number of benzene rings is 3. The number of aromatic hydroxyl groups is 1. The van der Waals surface area contributed by atoms with Gasteiger partial charge in [-0.2, -0.15) is 5.10 Å². The predicted molar refractivity (Wildman–Crippen MR) is 141 cm³/mol. The Bertz CT molecular complexity index is 1370. The van der Waals surface area contributed by atoms with Crippen molar-refractivity contribution in [3.8, 4) is 40.1 Å². The molecule has 0 saturated heterocycles. The molecule has 0 unspecified atom stereocenters. The largest absolute Gasteiger partial charge is 0.508 e. The molecule has 2 N–H and O–H groups in total. The first-order valence-electron chi connectivity index (χ1n) is 11.1. The fourth-order valence-corrected chi connectivity index (χ4v) is 4.22. The number of nitrogens with zero attached hydrogens (tertiary/aromatic N) is 4. The van der Waals surface area contributed by atoms with E-state index in [1.54, 1.807) is 57.7 Å². The number of carbonyl (C=O) groups excluding carboxylic acids is 1. The van der Waals surface area contributed by atoms with Gasteiger partial charge in [0.1, 0.15) is 5.75 Å². The number of nitrogens with one attached hydrogen (secondary N) is 1. The number of carbonyl (C=O) groups is 1. The van der Waals surface area contributed by atoms with E-state index < -0.39 is 0 Å². The Morgan fingerprint density at radius 3 is 2.30 bits per heavy atom. The van der Waals surface area contributed by atoms with E-state index in [1.807, 2.05) is 34.9 Å². The van der Waals surface area contributed by atoms with E-state index in [0.29, 0.717) is 33.8 Å². The molecule has 190 valence electrons. The summed E-state index contributed by atoms with van der Waals surface area (Å²) in [6.07, 6.45) is 1.50. The van der Waals surface area contributed by atoms with Crippen molar-refractivity contribution in [1.82, 2.24) is 20.2 Å². The van der Waals surface area contributed by atoms with Crippen LogP contribution in [-0.2, 0) is 4.79 Å². The van der Waals surface area contributed by atoms with Crippen LogP contribution in [0, 0.1) is 0 Å². The van der Waals surface area contributed by atoms with Gasteiger partial charge in [0.05, 0.1) is 33.3 Å². The lowest BCUT2D eigenvalue weighted by Gasteiger charge is -2.15. The highest BCUT2D eigenvalue weighted by atomic mass is 32.2. The van der Waals surface area contributed by atoms with Crippen molar-refractivity contribution in [1.29, 1.82) is 0 Å². The molecule has 0 saturated carbocycles. The van der Waals surface area contributed by atoms with E-state index in [1.165, 1.54) is 18.0 Å². The zero-order chi connectivity index (χ0) is 26.2. The van der Waals surface area contributed by atoms with Crippen molar-refractivity contribution in [2.75, 3.05) is 27.1 Å². The lowest BCUT2D eigenvalue weighted by molar-refractivity contribution is -0.118. The smallest absolute Gasteiger partial charge is 0.250 e. The van der Waals surface area contributed by atoms with Crippen LogP contribution in [-0.4, -0.2) is 59.1 Å². The minimum atomic E-state index is -0.308. The molecule has 0 atom stereocenters. The van der Waals surface area contributed by atoms with Crippen molar-refractivity contribution in [3.05, 3.63) is 72.3 Å². The Morgan fingerprint density at radius 1 is 1.00 bits per heavy atom. The van der Waals surface area contributed by atoms with Crippen molar-refractivity contribution in [2.45, 2.75) is 5.16 Å². The Balaban J connectivity index is 1.59. The van der Waals surface area contributed by atoms with Gasteiger partial charge in [-0.25, -0.2) is 5.43 Å². The summed E-state index contributed by atoms with van der Waals surface area (Å²) in [5, 5.41) is 22.6. The van der Waals surface area contributed by atoms with Gasteiger partial charge >= 0.3 is 0 Å². The first-order chi connectivity index (χ1) is 18.0. The number of rotatable bonds is 10. The SMILES string of the molecule is COc1cc(-c2nnc(SCC(=O)N/N=C/c3ccc(O)cc3)n2-c2ccccc2)cc(OC)c1OC. The molecule has 10 nitrogen and oxygen atoms in total. The van der Waals surface area contributed by atoms with E-state index in [4.69, 9.17) is 14.2 Å². The molecule has 37 heavy (non-hydrogen) atoms. The van der Waals surface area contributed by atoms with E-state index in [-0.39, 0.29) is 17.4 Å². The molecule has 1 heterocycles. The first kappa shape index (κ1) is 25.6. The number of hydrazone groups is 1. The van der Waals surface area contributed by atoms with E-state index in [2.05, 4.69) is 20.7 Å². The highest BCUT2D eigenvalue weighted by Crippen LogP contribution is 2.41. The van der Waals surface area contributed by atoms with Crippen LogP contribution in [0.25, 0.3) is 17.1 Å². The molecule has 11 heteroatoms.